The molecule has 2 aromatic carbocycles. The van der Waals surface area contributed by atoms with E-state index in [0.29, 0.717) is 10.9 Å². The molecule has 3 aliphatic rings. The summed E-state index contributed by atoms with van der Waals surface area (Å²) < 4.78 is 18.6. The number of para-hydroxylation sites is 2. The number of hydrogen-bond acceptors (Lipinski definition) is 10. The number of carbonyl (C=O) groups excluding carboxylic acids is 5. The first-order valence-electron chi connectivity index (χ1n) is 16.7. The van der Waals surface area contributed by atoms with Gasteiger partial charge in [0, 0.05) is 31.5 Å². The van der Waals surface area contributed by atoms with Crippen molar-refractivity contribution in [3.8, 4) is 0 Å². The monoisotopic (exact) mass is 704 g/mol. The topological polar surface area (TPSA) is 168 Å². The number of likely N-dealkylation sites (N-methyl/N-ethyl adjacent to an activating group) is 1. The zero-order valence-corrected chi connectivity index (χ0v) is 30.4. The van der Waals surface area contributed by atoms with E-state index in [0.717, 1.165) is 21.6 Å². The number of hydrogen-bond donors (Lipinski definition) is 2. The molecular weight excluding hydrogens is 660 g/mol. The number of amides is 3. The zero-order chi connectivity index (χ0) is 37.8. The van der Waals surface area contributed by atoms with Crippen LogP contribution in [0.2, 0.25) is 0 Å². The Labute approximate surface area is 295 Å². The van der Waals surface area contributed by atoms with Crippen molar-refractivity contribution in [3.05, 3.63) is 65.9 Å². The van der Waals surface area contributed by atoms with E-state index < -0.39 is 76.2 Å². The predicted molar refractivity (Wildman–Crippen MR) is 183 cm³/mol. The summed E-state index contributed by atoms with van der Waals surface area (Å²) in [6.07, 6.45) is -4.12. The van der Waals surface area contributed by atoms with Gasteiger partial charge < -0.3 is 24.4 Å². The quantitative estimate of drug-likeness (QED) is 0.300. The molecule has 0 unspecified atom stereocenters. The van der Waals surface area contributed by atoms with Crippen LogP contribution in [0.15, 0.2) is 54.7 Å². The number of aliphatic hydroxyl groups excluding tert-OH is 1. The Morgan fingerprint density at radius 3 is 2.00 bits per heavy atom. The molecule has 5 atom stereocenters. The molecule has 3 amide bonds. The Balaban J connectivity index is 1.75. The number of fused-ring (bicyclic) bond motifs is 6. The van der Waals surface area contributed by atoms with Gasteiger partial charge in [-0.3, -0.25) is 33.7 Å². The van der Waals surface area contributed by atoms with Crippen LogP contribution >= 0.6 is 0 Å². The Kier molecular flexibility index (Phi) is 7.93. The van der Waals surface area contributed by atoms with Gasteiger partial charge in [-0.2, -0.15) is 0 Å². The fourth-order valence-electron chi connectivity index (χ4n) is 7.95. The molecule has 4 heterocycles. The molecule has 6 rings (SSSR count). The van der Waals surface area contributed by atoms with Crippen LogP contribution in [0, 0.1) is 5.92 Å². The van der Waals surface area contributed by atoms with E-state index in [1.807, 2.05) is 0 Å². The van der Waals surface area contributed by atoms with Crippen LogP contribution < -0.4 is 4.90 Å². The molecule has 14 nitrogen and oxygen atoms in total. The Hall–Kier alpha value is -4.95. The molecule has 3 aliphatic heterocycles. The van der Waals surface area contributed by atoms with E-state index in [1.165, 1.54) is 17.8 Å². The van der Waals surface area contributed by atoms with E-state index >= 15 is 4.79 Å². The molecule has 14 heteroatoms. The molecule has 2 saturated heterocycles. The van der Waals surface area contributed by atoms with Gasteiger partial charge in [0.1, 0.15) is 23.5 Å². The maximum absolute atomic E-state index is 15.2. The standard InChI is InChI=1S/C37H44N4O10/c1-20(2)37(49-21(3)42)30(45)41-28-35(27(43)36(41,48)29(44)38(37)10,23-16-12-14-18-26(23)40(28)32(47)51-34(7,8)9)24-19-39(31(46)50-33(4,5)6)25-17-13-11-15-22(24)25/h11-20,27-28,43,48H,1-10H3/t27-,28+,35+,36+,37-/m0/s1. The molecule has 2 fully saturated rings. The third kappa shape index (κ3) is 4.79. The van der Waals surface area contributed by atoms with Crippen LogP contribution in [0.4, 0.5) is 15.3 Å². The van der Waals surface area contributed by atoms with Crippen molar-refractivity contribution < 1.29 is 48.4 Å². The van der Waals surface area contributed by atoms with Gasteiger partial charge in [-0.15, -0.1) is 0 Å². The van der Waals surface area contributed by atoms with Crippen molar-refractivity contribution in [1.29, 1.82) is 0 Å². The SMILES string of the molecule is CC(=O)O[C@@]1(C(C)C)C(=O)N2[C@H]3N(C(=O)OC(C)(C)C)c4ccccc4[C@@]3(c3cn(C(=O)OC(C)(C)C)c4ccccc34)[C@H](O)[C@@]2(O)C(=O)N1C. The number of anilines is 1. The molecule has 0 aliphatic carbocycles. The summed E-state index contributed by atoms with van der Waals surface area (Å²) in [6.45, 7) is 14.3. The number of ether oxygens (including phenoxy) is 3. The first-order valence-corrected chi connectivity index (χ1v) is 16.7. The maximum atomic E-state index is 15.2. The fraction of sp³-hybridized carbons (Fsp3) is 0.486. The first-order chi connectivity index (χ1) is 23.6. The number of carbonyl (C=O) groups is 5. The lowest BCUT2D eigenvalue weighted by Gasteiger charge is -2.54. The van der Waals surface area contributed by atoms with Crippen molar-refractivity contribution >= 4 is 46.6 Å². The largest absolute Gasteiger partial charge is 0.443 e. The third-order valence-electron chi connectivity index (χ3n) is 9.75. The average Bonchev–Trinajstić information content (AvgIpc) is 3.61. The molecular formula is C37H44N4O10. The van der Waals surface area contributed by atoms with E-state index in [4.69, 9.17) is 14.2 Å². The summed E-state index contributed by atoms with van der Waals surface area (Å²) in [7, 11) is 1.21. The Morgan fingerprint density at radius 2 is 1.41 bits per heavy atom. The van der Waals surface area contributed by atoms with Crippen molar-refractivity contribution in [3.63, 3.8) is 0 Å². The summed E-state index contributed by atoms with van der Waals surface area (Å²) in [5, 5.41) is 25.9. The highest BCUT2D eigenvalue weighted by Gasteiger charge is 2.82. The highest BCUT2D eigenvalue weighted by atomic mass is 16.6. The van der Waals surface area contributed by atoms with Gasteiger partial charge in [-0.1, -0.05) is 50.2 Å². The van der Waals surface area contributed by atoms with Crippen molar-refractivity contribution in [1.82, 2.24) is 14.4 Å². The van der Waals surface area contributed by atoms with Crippen LogP contribution in [-0.2, 0) is 34.0 Å². The number of rotatable bonds is 3. The van der Waals surface area contributed by atoms with Crippen molar-refractivity contribution in [2.45, 2.75) is 103 Å². The van der Waals surface area contributed by atoms with Gasteiger partial charge in [0.2, 0.25) is 0 Å². The second-order valence-corrected chi connectivity index (χ2v) is 15.6. The van der Waals surface area contributed by atoms with E-state index in [1.54, 1.807) is 104 Å². The molecule has 2 N–H and O–H groups in total. The van der Waals surface area contributed by atoms with Crippen LogP contribution in [-0.4, -0.2) is 96.5 Å². The van der Waals surface area contributed by atoms with Gasteiger partial charge in [-0.25, -0.2) is 9.59 Å². The smallest absolute Gasteiger partial charge is 0.419 e. The molecule has 3 aromatic rings. The van der Waals surface area contributed by atoms with Crippen molar-refractivity contribution in [2.75, 3.05) is 11.9 Å². The minimum atomic E-state index is -3.02. The highest BCUT2D eigenvalue weighted by Crippen LogP contribution is 2.63. The van der Waals surface area contributed by atoms with Gasteiger partial charge >= 0.3 is 18.2 Å². The second kappa shape index (κ2) is 11.3. The van der Waals surface area contributed by atoms with Crippen molar-refractivity contribution in [2.24, 2.45) is 5.92 Å². The molecule has 0 radical (unpaired) electrons. The lowest BCUT2D eigenvalue weighted by atomic mass is 9.69. The molecule has 0 spiro atoms. The highest BCUT2D eigenvalue weighted by molar-refractivity contribution is 6.07. The number of aromatic nitrogens is 1. The zero-order valence-electron chi connectivity index (χ0n) is 30.4. The first kappa shape index (κ1) is 35.9. The Morgan fingerprint density at radius 1 is 0.843 bits per heavy atom. The predicted octanol–water partition coefficient (Wildman–Crippen LogP) is 4.07. The lowest BCUT2D eigenvalue weighted by molar-refractivity contribution is -0.250. The molecule has 0 bridgehead atoms. The van der Waals surface area contributed by atoms with E-state index in [9.17, 15) is 29.4 Å². The fourth-order valence-corrected chi connectivity index (χ4v) is 7.95. The number of esters is 1. The lowest BCUT2D eigenvalue weighted by Crippen LogP contribution is -2.80. The van der Waals surface area contributed by atoms with Gasteiger partial charge in [-0.05, 0) is 64.8 Å². The van der Waals surface area contributed by atoms with Crippen LogP contribution in [0.3, 0.4) is 0 Å². The minimum Gasteiger partial charge on any atom is -0.443 e. The number of nitrogens with zero attached hydrogens (tertiary/aromatic N) is 4. The average molecular weight is 705 g/mol. The molecule has 0 saturated carbocycles. The van der Waals surface area contributed by atoms with Gasteiger partial charge in [0.05, 0.1) is 16.6 Å². The summed E-state index contributed by atoms with van der Waals surface area (Å²) in [5.41, 5.74) is -8.21. The minimum absolute atomic E-state index is 0.202. The van der Waals surface area contributed by atoms with Gasteiger partial charge in [0.15, 0.2) is 0 Å². The van der Waals surface area contributed by atoms with E-state index in [-0.39, 0.29) is 16.8 Å². The summed E-state index contributed by atoms with van der Waals surface area (Å²) in [5.74, 6) is -3.96. The number of benzene rings is 2. The summed E-state index contributed by atoms with van der Waals surface area (Å²) in [6, 6.07) is 13.3. The molecule has 51 heavy (non-hydrogen) atoms. The molecule has 1 aromatic heterocycles. The van der Waals surface area contributed by atoms with Gasteiger partial charge in [0.25, 0.3) is 23.3 Å². The second-order valence-electron chi connectivity index (χ2n) is 15.6. The number of aliphatic hydroxyl groups is 2. The summed E-state index contributed by atoms with van der Waals surface area (Å²) >= 11 is 0. The summed E-state index contributed by atoms with van der Waals surface area (Å²) in [4.78, 5) is 73.4. The van der Waals surface area contributed by atoms with Crippen LogP contribution in [0.1, 0.15) is 73.4 Å². The van der Waals surface area contributed by atoms with Crippen LogP contribution in [0.5, 0.6) is 0 Å². The third-order valence-corrected chi connectivity index (χ3v) is 9.75. The Bertz CT molecular complexity index is 1990. The van der Waals surface area contributed by atoms with Crippen LogP contribution in [0.25, 0.3) is 10.9 Å². The maximum Gasteiger partial charge on any atom is 0.419 e. The molecule has 272 valence electrons. The normalized spacial score (nSPS) is 27.4. The number of piperazine rings is 1. The van der Waals surface area contributed by atoms with E-state index in [2.05, 4.69) is 0 Å².